The summed E-state index contributed by atoms with van der Waals surface area (Å²) in [7, 11) is 1.94. The molecule has 0 unspecified atom stereocenters. The second-order valence-electron chi connectivity index (χ2n) is 5.64. The second-order valence-corrected chi connectivity index (χ2v) is 7.45. The van der Waals surface area contributed by atoms with Crippen LogP contribution in [-0.4, -0.2) is 19.7 Å². The molecule has 0 amide bonds. The molecule has 0 spiro atoms. The van der Waals surface area contributed by atoms with Crippen LogP contribution in [0.3, 0.4) is 0 Å². The van der Waals surface area contributed by atoms with Crippen molar-refractivity contribution >= 4 is 23.1 Å². The van der Waals surface area contributed by atoms with Crippen molar-refractivity contribution in [3.8, 4) is 22.2 Å². The maximum atomic E-state index is 5.40. The second kappa shape index (κ2) is 6.85. The number of aromatic nitrogens is 4. The Morgan fingerprint density at radius 2 is 2.12 bits per heavy atom. The maximum absolute atomic E-state index is 5.40. The molecule has 0 bridgehead atoms. The molecule has 0 aliphatic heterocycles. The zero-order valence-electron chi connectivity index (χ0n) is 13.8. The highest BCUT2D eigenvalue weighted by atomic mass is 32.2. The molecule has 0 saturated heterocycles. The summed E-state index contributed by atoms with van der Waals surface area (Å²) in [6, 6.07) is 12.1. The number of thioether (sulfide) groups is 1. The molecule has 0 aliphatic rings. The Balaban J connectivity index is 1.48. The summed E-state index contributed by atoms with van der Waals surface area (Å²) in [5.41, 5.74) is 3.46. The van der Waals surface area contributed by atoms with E-state index in [1.807, 2.05) is 23.7 Å². The van der Waals surface area contributed by atoms with Crippen molar-refractivity contribution < 1.29 is 4.42 Å². The molecule has 3 heterocycles. The lowest BCUT2D eigenvalue weighted by atomic mass is 10.1. The van der Waals surface area contributed by atoms with E-state index in [0.29, 0.717) is 0 Å². The molecule has 0 atom stereocenters. The first-order valence-corrected chi connectivity index (χ1v) is 9.65. The Labute approximate surface area is 153 Å². The van der Waals surface area contributed by atoms with Crippen LogP contribution in [0.4, 0.5) is 0 Å². The lowest BCUT2D eigenvalue weighted by Gasteiger charge is -2.01. The Bertz CT molecular complexity index is 988. The van der Waals surface area contributed by atoms with Crippen LogP contribution in [-0.2, 0) is 12.8 Å². The zero-order valence-corrected chi connectivity index (χ0v) is 15.5. The highest BCUT2D eigenvalue weighted by molar-refractivity contribution is 7.98. The third-order valence-corrected chi connectivity index (χ3v) is 5.74. The Kier molecular flexibility index (Phi) is 4.42. The van der Waals surface area contributed by atoms with Crippen LogP contribution >= 0.6 is 23.1 Å². The number of hydrogen-bond donors (Lipinski definition) is 0. The first-order chi connectivity index (χ1) is 12.2. The largest absolute Gasteiger partial charge is 0.461 e. The van der Waals surface area contributed by atoms with Crippen LogP contribution in [0, 0.1) is 6.92 Å². The summed E-state index contributed by atoms with van der Waals surface area (Å²) < 4.78 is 7.34. The number of benzene rings is 1. The molecular weight excluding hydrogens is 352 g/mol. The summed E-state index contributed by atoms with van der Waals surface area (Å²) in [5.74, 6) is 2.20. The van der Waals surface area contributed by atoms with Crippen molar-refractivity contribution in [1.82, 2.24) is 19.7 Å². The predicted octanol–water partition coefficient (Wildman–Crippen LogP) is 4.80. The molecule has 0 saturated carbocycles. The van der Waals surface area contributed by atoms with E-state index in [2.05, 4.69) is 46.8 Å². The maximum Gasteiger partial charge on any atom is 0.200 e. The standard InChI is InChI=1S/C18H16N4OS2/c1-12-5-3-6-13(9-12)17-19-14(10-24-17)11-25-18-21-20-16(22(18)2)15-7-4-8-23-15/h3-10H,11H2,1-2H3. The lowest BCUT2D eigenvalue weighted by Crippen LogP contribution is -1.94. The molecule has 126 valence electrons. The van der Waals surface area contributed by atoms with Gasteiger partial charge in [0.1, 0.15) is 5.01 Å². The number of hydrogen-bond acceptors (Lipinski definition) is 6. The van der Waals surface area contributed by atoms with Gasteiger partial charge in [0, 0.05) is 23.7 Å². The van der Waals surface area contributed by atoms with Crippen LogP contribution in [0.5, 0.6) is 0 Å². The van der Waals surface area contributed by atoms with Gasteiger partial charge in [-0.05, 0) is 25.1 Å². The van der Waals surface area contributed by atoms with E-state index < -0.39 is 0 Å². The van der Waals surface area contributed by atoms with Crippen molar-refractivity contribution in [3.05, 3.63) is 59.3 Å². The summed E-state index contributed by atoms with van der Waals surface area (Å²) in [6.07, 6.45) is 1.64. The molecule has 0 N–H and O–H groups in total. The molecule has 3 aromatic heterocycles. The van der Waals surface area contributed by atoms with Gasteiger partial charge in [-0.3, -0.25) is 0 Å². The van der Waals surface area contributed by atoms with Gasteiger partial charge in [0.15, 0.2) is 16.7 Å². The minimum absolute atomic E-state index is 0.720. The summed E-state index contributed by atoms with van der Waals surface area (Å²) >= 11 is 3.29. The van der Waals surface area contributed by atoms with Crippen LogP contribution in [0.15, 0.2) is 57.6 Å². The van der Waals surface area contributed by atoms with Crippen molar-refractivity contribution in [2.45, 2.75) is 17.8 Å². The van der Waals surface area contributed by atoms with Gasteiger partial charge < -0.3 is 8.98 Å². The summed E-state index contributed by atoms with van der Waals surface area (Å²) in [4.78, 5) is 4.74. The van der Waals surface area contributed by atoms with E-state index in [4.69, 9.17) is 9.40 Å². The van der Waals surface area contributed by atoms with E-state index in [1.165, 1.54) is 11.1 Å². The van der Waals surface area contributed by atoms with E-state index in [-0.39, 0.29) is 0 Å². The third-order valence-electron chi connectivity index (χ3n) is 3.74. The Hall–Kier alpha value is -2.38. The van der Waals surface area contributed by atoms with Crippen LogP contribution in [0.1, 0.15) is 11.3 Å². The van der Waals surface area contributed by atoms with Gasteiger partial charge in [0.2, 0.25) is 0 Å². The normalized spacial score (nSPS) is 11.1. The monoisotopic (exact) mass is 368 g/mol. The molecule has 1 aromatic carbocycles. The quantitative estimate of drug-likeness (QED) is 0.474. The fraction of sp³-hybridized carbons (Fsp3) is 0.167. The van der Waals surface area contributed by atoms with Crippen molar-refractivity contribution in [1.29, 1.82) is 0 Å². The van der Waals surface area contributed by atoms with E-state index in [1.54, 1.807) is 29.4 Å². The number of aryl methyl sites for hydroxylation is 1. The minimum atomic E-state index is 0.720. The molecule has 0 aliphatic carbocycles. The van der Waals surface area contributed by atoms with Crippen LogP contribution in [0.2, 0.25) is 0 Å². The molecular formula is C18H16N4OS2. The molecule has 5 nitrogen and oxygen atoms in total. The average Bonchev–Trinajstić information content (AvgIpc) is 3.34. The van der Waals surface area contributed by atoms with Crippen molar-refractivity contribution in [2.24, 2.45) is 7.05 Å². The Morgan fingerprint density at radius 3 is 2.92 bits per heavy atom. The van der Waals surface area contributed by atoms with Gasteiger partial charge in [-0.15, -0.1) is 21.5 Å². The number of rotatable bonds is 5. The van der Waals surface area contributed by atoms with Gasteiger partial charge in [-0.25, -0.2) is 4.98 Å². The number of nitrogens with zero attached hydrogens (tertiary/aromatic N) is 4. The zero-order chi connectivity index (χ0) is 17.2. The van der Waals surface area contributed by atoms with E-state index >= 15 is 0 Å². The van der Waals surface area contributed by atoms with E-state index in [9.17, 15) is 0 Å². The fourth-order valence-electron chi connectivity index (χ4n) is 2.48. The highest BCUT2D eigenvalue weighted by Gasteiger charge is 2.14. The van der Waals surface area contributed by atoms with Gasteiger partial charge in [0.25, 0.3) is 0 Å². The number of thiazole rings is 1. The molecule has 0 fully saturated rings. The van der Waals surface area contributed by atoms with Crippen LogP contribution < -0.4 is 0 Å². The predicted molar refractivity (Wildman–Crippen MR) is 101 cm³/mol. The molecule has 4 rings (SSSR count). The molecule has 0 radical (unpaired) electrons. The van der Waals surface area contributed by atoms with Crippen molar-refractivity contribution in [2.75, 3.05) is 0 Å². The molecule has 25 heavy (non-hydrogen) atoms. The number of furan rings is 1. The smallest absolute Gasteiger partial charge is 0.200 e. The summed E-state index contributed by atoms with van der Waals surface area (Å²) in [6.45, 7) is 2.10. The SMILES string of the molecule is Cc1cccc(-c2nc(CSc3nnc(-c4ccco4)n3C)cs2)c1. The topological polar surface area (TPSA) is 56.7 Å². The molecule has 7 heteroatoms. The van der Waals surface area contributed by atoms with Crippen LogP contribution in [0.25, 0.3) is 22.2 Å². The van der Waals surface area contributed by atoms with Gasteiger partial charge in [0.05, 0.1) is 12.0 Å². The van der Waals surface area contributed by atoms with Gasteiger partial charge in [-0.1, -0.05) is 35.5 Å². The summed E-state index contributed by atoms with van der Waals surface area (Å²) in [5, 5.41) is 12.5. The van der Waals surface area contributed by atoms with Gasteiger partial charge >= 0.3 is 0 Å². The van der Waals surface area contributed by atoms with Gasteiger partial charge in [-0.2, -0.15) is 0 Å². The fourth-order valence-corrected chi connectivity index (χ4v) is 4.21. The Morgan fingerprint density at radius 1 is 1.20 bits per heavy atom. The minimum Gasteiger partial charge on any atom is -0.461 e. The first-order valence-electron chi connectivity index (χ1n) is 7.78. The third kappa shape index (κ3) is 3.38. The molecule has 4 aromatic rings. The first kappa shape index (κ1) is 16.1. The van der Waals surface area contributed by atoms with E-state index in [0.717, 1.165) is 33.2 Å². The highest BCUT2D eigenvalue weighted by Crippen LogP contribution is 2.29. The average molecular weight is 368 g/mol. The van der Waals surface area contributed by atoms with Crippen molar-refractivity contribution in [3.63, 3.8) is 0 Å². The lowest BCUT2D eigenvalue weighted by molar-refractivity contribution is 0.572.